The number of nitrogens with two attached hydrogens (primary N) is 1. The highest BCUT2D eigenvalue weighted by molar-refractivity contribution is 7.09. The quantitative estimate of drug-likeness (QED) is 0.862. The van der Waals surface area contributed by atoms with E-state index in [0.29, 0.717) is 0 Å². The van der Waals surface area contributed by atoms with E-state index in [1.807, 2.05) is 24.6 Å². The van der Waals surface area contributed by atoms with Crippen LogP contribution in [0.5, 0.6) is 0 Å². The summed E-state index contributed by atoms with van der Waals surface area (Å²) in [5, 5.41) is 0. The van der Waals surface area contributed by atoms with Crippen molar-refractivity contribution in [2.45, 2.75) is 25.8 Å². The molecule has 0 fully saturated rings. The normalized spacial score (nSPS) is 12.9. The number of aryl methyl sites for hydroxylation is 1. The van der Waals surface area contributed by atoms with E-state index in [1.54, 1.807) is 17.6 Å². The van der Waals surface area contributed by atoms with Crippen LogP contribution in [0.3, 0.4) is 0 Å². The fourth-order valence-corrected chi connectivity index (χ4v) is 2.39. The molecular formula is C11H14N2OS. The van der Waals surface area contributed by atoms with Gasteiger partial charge in [0.2, 0.25) is 0 Å². The first-order chi connectivity index (χ1) is 7.25. The lowest BCUT2D eigenvalue weighted by atomic mass is 10.1. The molecule has 0 aliphatic carbocycles. The van der Waals surface area contributed by atoms with Crippen LogP contribution in [0.15, 0.2) is 28.3 Å². The highest BCUT2D eigenvalue weighted by Gasteiger charge is 2.10. The Labute approximate surface area is 92.9 Å². The van der Waals surface area contributed by atoms with Crippen LogP contribution in [-0.4, -0.2) is 11.0 Å². The van der Waals surface area contributed by atoms with Crippen LogP contribution in [0.2, 0.25) is 0 Å². The Balaban J connectivity index is 1.93. The minimum absolute atomic E-state index is 0.107. The Morgan fingerprint density at radius 2 is 2.40 bits per heavy atom. The van der Waals surface area contributed by atoms with Crippen LogP contribution in [0.4, 0.5) is 0 Å². The van der Waals surface area contributed by atoms with Crippen LogP contribution in [0.25, 0.3) is 0 Å². The van der Waals surface area contributed by atoms with Crippen molar-refractivity contribution in [1.82, 2.24) is 4.98 Å². The molecule has 1 unspecified atom stereocenters. The van der Waals surface area contributed by atoms with Crippen LogP contribution in [0, 0.1) is 6.92 Å². The fraction of sp³-hybridized carbons (Fsp3) is 0.364. The molecule has 0 bridgehead atoms. The molecule has 3 nitrogen and oxygen atoms in total. The summed E-state index contributed by atoms with van der Waals surface area (Å²) in [5.74, 6) is 0.949. The molecule has 0 aromatic carbocycles. The highest BCUT2D eigenvalue weighted by atomic mass is 32.1. The standard InChI is InChI=1S/C11H14N2OS/c1-8-11(15-7-13-8)6-9(12)5-10-3-2-4-14-10/h2-4,7,9H,5-6,12H2,1H3. The second-order valence-corrected chi connectivity index (χ2v) is 4.55. The van der Waals surface area contributed by atoms with Crippen molar-refractivity contribution in [3.8, 4) is 0 Å². The number of thiazole rings is 1. The molecule has 0 spiro atoms. The summed E-state index contributed by atoms with van der Waals surface area (Å²) in [6, 6.07) is 3.95. The SMILES string of the molecule is Cc1ncsc1CC(N)Cc1ccco1. The molecule has 2 N–H and O–H groups in total. The smallest absolute Gasteiger partial charge is 0.105 e. The van der Waals surface area contributed by atoms with Gasteiger partial charge in [-0.1, -0.05) is 0 Å². The molecule has 1 atom stereocenters. The first kappa shape index (κ1) is 10.4. The van der Waals surface area contributed by atoms with Gasteiger partial charge in [0.15, 0.2) is 0 Å². The third-order valence-electron chi connectivity index (χ3n) is 2.34. The topological polar surface area (TPSA) is 52.0 Å². The summed E-state index contributed by atoms with van der Waals surface area (Å²) in [5.41, 5.74) is 9.00. The fourth-order valence-electron chi connectivity index (χ4n) is 1.52. The summed E-state index contributed by atoms with van der Waals surface area (Å²) in [7, 11) is 0. The maximum atomic E-state index is 6.04. The van der Waals surface area contributed by atoms with E-state index in [4.69, 9.17) is 10.2 Å². The van der Waals surface area contributed by atoms with E-state index in [2.05, 4.69) is 4.98 Å². The molecule has 2 aromatic heterocycles. The first-order valence-corrected chi connectivity index (χ1v) is 5.80. The van der Waals surface area contributed by atoms with Crippen molar-refractivity contribution in [3.05, 3.63) is 40.2 Å². The second-order valence-electron chi connectivity index (χ2n) is 3.61. The van der Waals surface area contributed by atoms with Gasteiger partial charge in [-0.05, 0) is 25.5 Å². The van der Waals surface area contributed by atoms with Crippen LogP contribution < -0.4 is 5.73 Å². The monoisotopic (exact) mass is 222 g/mol. The van der Waals surface area contributed by atoms with Crippen molar-refractivity contribution in [2.24, 2.45) is 5.73 Å². The maximum Gasteiger partial charge on any atom is 0.105 e. The Morgan fingerprint density at radius 3 is 3.00 bits per heavy atom. The molecule has 2 aromatic rings. The van der Waals surface area contributed by atoms with Crippen molar-refractivity contribution in [3.63, 3.8) is 0 Å². The van der Waals surface area contributed by atoms with Gasteiger partial charge in [0.05, 0.1) is 17.5 Å². The molecule has 15 heavy (non-hydrogen) atoms. The zero-order valence-corrected chi connectivity index (χ0v) is 9.46. The van der Waals surface area contributed by atoms with Gasteiger partial charge >= 0.3 is 0 Å². The minimum atomic E-state index is 0.107. The third-order valence-corrected chi connectivity index (χ3v) is 3.29. The van der Waals surface area contributed by atoms with E-state index < -0.39 is 0 Å². The van der Waals surface area contributed by atoms with E-state index in [0.717, 1.165) is 24.3 Å². The molecule has 4 heteroatoms. The summed E-state index contributed by atoms with van der Waals surface area (Å²) in [6.07, 6.45) is 3.33. The number of nitrogens with zero attached hydrogens (tertiary/aromatic N) is 1. The van der Waals surface area contributed by atoms with Crippen LogP contribution in [0.1, 0.15) is 16.3 Å². The Hall–Kier alpha value is -1.13. The van der Waals surface area contributed by atoms with Crippen LogP contribution in [-0.2, 0) is 12.8 Å². The average Bonchev–Trinajstić information content (AvgIpc) is 2.79. The molecule has 0 aliphatic rings. The first-order valence-electron chi connectivity index (χ1n) is 4.92. The molecule has 0 aliphatic heterocycles. The highest BCUT2D eigenvalue weighted by Crippen LogP contribution is 2.15. The predicted octanol–water partition coefficient (Wildman–Crippen LogP) is 2.16. The van der Waals surface area contributed by atoms with Crippen molar-refractivity contribution in [1.29, 1.82) is 0 Å². The minimum Gasteiger partial charge on any atom is -0.469 e. The van der Waals surface area contributed by atoms with Gasteiger partial charge in [-0.2, -0.15) is 0 Å². The average molecular weight is 222 g/mol. The third kappa shape index (κ3) is 2.67. The van der Waals surface area contributed by atoms with E-state index in [1.165, 1.54) is 4.88 Å². The van der Waals surface area contributed by atoms with E-state index in [-0.39, 0.29) is 6.04 Å². The Kier molecular flexibility index (Phi) is 3.18. The number of furan rings is 1. The van der Waals surface area contributed by atoms with Gasteiger partial charge in [0.1, 0.15) is 5.76 Å². The molecule has 2 rings (SSSR count). The largest absolute Gasteiger partial charge is 0.469 e. The molecule has 0 saturated heterocycles. The predicted molar refractivity (Wildman–Crippen MR) is 60.9 cm³/mol. The van der Waals surface area contributed by atoms with Gasteiger partial charge in [0.25, 0.3) is 0 Å². The summed E-state index contributed by atoms with van der Waals surface area (Å²) in [6.45, 7) is 2.02. The molecule has 0 amide bonds. The molecule has 2 heterocycles. The maximum absolute atomic E-state index is 6.04. The molecule has 0 radical (unpaired) electrons. The zero-order valence-electron chi connectivity index (χ0n) is 8.64. The van der Waals surface area contributed by atoms with Gasteiger partial charge in [0, 0.05) is 17.3 Å². The molecule has 0 saturated carbocycles. The van der Waals surface area contributed by atoms with Gasteiger partial charge in [-0.15, -0.1) is 11.3 Å². The number of aromatic nitrogens is 1. The van der Waals surface area contributed by atoms with Gasteiger partial charge in [-0.25, -0.2) is 4.98 Å². The number of rotatable bonds is 4. The number of hydrogen-bond donors (Lipinski definition) is 1. The zero-order chi connectivity index (χ0) is 10.7. The van der Waals surface area contributed by atoms with Gasteiger partial charge < -0.3 is 10.2 Å². The molecular weight excluding hydrogens is 208 g/mol. The summed E-state index contributed by atoms with van der Waals surface area (Å²) >= 11 is 1.67. The van der Waals surface area contributed by atoms with Crippen molar-refractivity contribution in [2.75, 3.05) is 0 Å². The van der Waals surface area contributed by atoms with Crippen LogP contribution >= 0.6 is 11.3 Å². The lowest BCUT2D eigenvalue weighted by Gasteiger charge is -2.08. The number of hydrogen-bond acceptors (Lipinski definition) is 4. The lowest BCUT2D eigenvalue weighted by molar-refractivity contribution is 0.483. The summed E-state index contributed by atoms with van der Waals surface area (Å²) < 4.78 is 5.26. The van der Waals surface area contributed by atoms with E-state index >= 15 is 0 Å². The van der Waals surface area contributed by atoms with E-state index in [9.17, 15) is 0 Å². The van der Waals surface area contributed by atoms with Crippen molar-refractivity contribution < 1.29 is 4.42 Å². The van der Waals surface area contributed by atoms with Gasteiger partial charge in [-0.3, -0.25) is 0 Å². The van der Waals surface area contributed by atoms with Crippen molar-refractivity contribution >= 4 is 11.3 Å². The second kappa shape index (κ2) is 4.59. The lowest BCUT2D eigenvalue weighted by Crippen LogP contribution is -2.25. The Bertz CT molecular complexity index is 408. The summed E-state index contributed by atoms with van der Waals surface area (Å²) in [4.78, 5) is 5.48. The molecule has 80 valence electrons. The Morgan fingerprint density at radius 1 is 1.53 bits per heavy atom.